The fraction of sp³-hybridized carbons (Fsp3) is 0.667. The van der Waals surface area contributed by atoms with E-state index in [-0.39, 0.29) is 5.60 Å². The number of aromatic nitrogens is 1. The van der Waals surface area contributed by atoms with Crippen molar-refractivity contribution < 1.29 is 4.74 Å². The molecule has 0 saturated carbocycles. The van der Waals surface area contributed by atoms with Gasteiger partial charge < -0.3 is 10.1 Å². The molecular formula is C15H26N2O. The van der Waals surface area contributed by atoms with Crippen LogP contribution in [0, 0.1) is 13.8 Å². The number of methoxy groups -OCH3 is 1. The van der Waals surface area contributed by atoms with Crippen molar-refractivity contribution in [3.05, 3.63) is 29.1 Å². The van der Waals surface area contributed by atoms with Gasteiger partial charge in [0.15, 0.2) is 0 Å². The molecule has 0 aliphatic carbocycles. The number of nitrogens with zero attached hydrogens (tertiary/aromatic N) is 1. The Balaban J connectivity index is 2.47. The number of pyridine rings is 1. The maximum Gasteiger partial charge on any atom is 0.0637 e. The molecule has 0 amide bonds. The lowest BCUT2D eigenvalue weighted by Gasteiger charge is -2.27. The van der Waals surface area contributed by atoms with Crippen molar-refractivity contribution >= 4 is 0 Å². The Morgan fingerprint density at radius 3 is 2.61 bits per heavy atom. The van der Waals surface area contributed by atoms with Crippen LogP contribution in [0.4, 0.5) is 0 Å². The van der Waals surface area contributed by atoms with Crippen LogP contribution < -0.4 is 5.32 Å². The highest BCUT2D eigenvalue weighted by molar-refractivity contribution is 5.22. The summed E-state index contributed by atoms with van der Waals surface area (Å²) in [5, 5.41) is 3.52. The van der Waals surface area contributed by atoms with Gasteiger partial charge in [0, 0.05) is 31.6 Å². The van der Waals surface area contributed by atoms with Crippen LogP contribution in [0.5, 0.6) is 0 Å². The van der Waals surface area contributed by atoms with Crippen molar-refractivity contribution in [2.24, 2.45) is 0 Å². The van der Waals surface area contributed by atoms with Crippen LogP contribution in [0.15, 0.2) is 12.3 Å². The van der Waals surface area contributed by atoms with E-state index in [9.17, 15) is 0 Å². The Morgan fingerprint density at radius 1 is 1.39 bits per heavy atom. The summed E-state index contributed by atoms with van der Waals surface area (Å²) < 4.78 is 5.44. The van der Waals surface area contributed by atoms with Crippen LogP contribution in [0.2, 0.25) is 0 Å². The van der Waals surface area contributed by atoms with E-state index < -0.39 is 0 Å². The van der Waals surface area contributed by atoms with E-state index in [4.69, 9.17) is 4.74 Å². The SMILES string of the molecule is COC(C)(C)C[C@@H](C)NCc1cnc(C)c(C)c1. The van der Waals surface area contributed by atoms with Gasteiger partial charge in [-0.15, -0.1) is 0 Å². The van der Waals surface area contributed by atoms with Gasteiger partial charge in [0.1, 0.15) is 0 Å². The first-order valence-corrected chi connectivity index (χ1v) is 6.55. The highest BCUT2D eigenvalue weighted by atomic mass is 16.5. The molecule has 102 valence electrons. The summed E-state index contributed by atoms with van der Waals surface area (Å²) in [5.74, 6) is 0. The molecule has 0 aliphatic heterocycles. The van der Waals surface area contributed by atoms with Gasteiger partial charge >= 0.3 is 0 Å². The zero-order valence-corrected chi connectivity index (χ0v) is 12.5. The van der Waals surface area contributed by atoms with Crippen molar-refractivity contribution in [2.45, 2.75) is 59.2 Å². The van der Waals surface area contributed by atoms with Crippen molar-refractivity contribution in [1.29, 1.82) is 0 Å². The van der Waals surface area contributed by atoms with Crippen LogP contribution in [-0.2, 0) is 11.3 Å². The molecule has 0 unspecified atom stereocenters. The van der Waals surface area contributed by atoms with Crippen LogP contribution in [-0.4, -0.2) is 23.7 Å². The minimum Gasteiger partial charge on any atom is -0.379 e. The molecule has 1 N–H and O–H groups in total. The van der Waals surface area contributed by atoms with E-state index in [0.717, 1.165) is 18.7 Å². The first-order valence-electron chi connectivity index (χ1n) is 6.55. The number of rotatable bonds is 6. The molecule has 1 rings (SSSR count). The Labute approximate surface area is 111 Å². The van der Waals surface area contributed by atoms with Crippen LogP contribution in [0.25, 0.3) is 0 Å². The molecule has 0 fully saturated rings. The van der Waals surface area contributed by atoms with Crippen molar-refractivity contribution in [3.8, 4) is 0 Å². The van der Waals surface area contributed by atoms with E-state index in [1.165, 1.54) is 11.1 Å². The molecule has 0 bridgehead atoms. The molecule has 0 spiro atoms. The molecule has 0 saturated heterocycles. The lowest BCUT2D eigenvalue weighted by atomic mass is 10.00. The summed E-state index contributed by atoms with van der Waals surface area (Å²) in [5.41, 5.74) is 3.51. The van der Waals surface area contributed by atoms with Gasteiger partial charge in [0.05, 0.1) is 5.60 Å². The van der Waals surface area contributed by atoms with E-state index in [2.05, 4.69) is 44.1 Å². The average molecular weight is 250 g/mol. The van der Waals surface area contributed by atoms with Gasteiger partial charge in [0.2, 0.25) is 0 Å². The minimum atomic E-state index is -0.0755. The Kier molecular flexibility index (Phi) is 5.29. The molecule has 1 heterocycles. The van der Waals surface area contributed by atoms with E-state index in [0.29, 0.717) is 6.04 Å². The van der Waals surface area contributed by atoms with Gasteiger partial charge in [-0.05, 0) is 52.2 Å². The van der Waals surface area contributed by atoms with Crippen LogP contribution in [0.3, 0.4) is 0 Å². The largest absolute Gasteiger partial charge is 0.379 e. The van der Waals surface area contributed by atoms with Gasteiger partial charge in [-0.25, -0.2) is 0 Å². The summed E-state index contributed by atoms with van der Waals surface area (Å²) in [7, 11) is 1.76. The smallest absolute Gasteiger partial charge is 0.0637 e. The van der Waals surface area contributed by atoms with Gasteiger partial charge in [-0.1, -0.05) is 6.07 Å². The normalized spacial score (nSPS) is 13.7. The third-order valence-electron chi connectivity index (χ3n) is 3.40. The van der Waals surface area contributed by atoms with Crippen molar-refractivity contribution in [1.82, 2.24) is 10.3 Å². The Hall–Kier alpha value is -0.930. The molecule has 3 heteroatoms. The number of hydrogen-bond donors (Lipinski definition) is 1. The predicted molar refractivity (Wildman–Crippen MR) is 75.7 cm³/mol. The molecule has 18 heavy (non-hydrogen) atoms. The number of nitrogens with one attached hydrogen (secondary N) is 1. The van der Waals surface area contributed by atoms with E-state index >= 15 is 0 Å². The molecule has 3 nitrogen and oxygen atoms in total. The fourth-order valence-corrected chi connectivity index (χ4v) is 1.98. The summed E-state index contributed by atoms with van der Waals surface area (Å²) in [6.07, 6.45) is 2.94. The van der Waals surface area contributed by atoms with Crippen molar-refractivity contribution in [2.75, 3.05) is 7.11 Å². The summed E-state index contributed by atoms with van der Waals surface area (Å²) in [6.45, 7) is 11.4. The lowest BCUT2D eigenvalue weighted by molar-refractivity contribution is 0.00844. The third-order valence-corrected chi connectivity index (χ3v) is 3.40. The number of aryl methyl sites for hydroxylation is 2. The molecule has 0 radical (unpaired) electrons. The third kappa shape index (κ3) is 4.75. The average Bonchev–Trinajstić information content (AvgIpc) is 2.30. The summed E-state index contributed by atoms with van der Waals surface area (Å²) in [4.78, 5) is 4.38. The molecular weight excluding hydrogens is 224 g/mol. The highest BCUT2D eigenvalue weighted by Crippen LogP contribution is 2.15. The van der Waals surface area contributed by atoms with Crippen LogP contribution >= 0.6 is 0 Å². The number of hydrogen-bond acceptors (Lipinski definition) is 3. The standard InChI is InChI=1S/C15H26N2O/c1-11-7-14(10-17-13(11)3)9-16-12(2)8-15(4,5)18-6/h7,10,12,16H,8-9H2,1-6H3/t12-/m1/s1. The Bertz CT molecular complexity index is 388. The van der Waals surface area contributed by atoms with E-state index in [1.807, 2.05) is 13.1 Å². The fourth-order valence-electron chi connectivity index (χ4n) is 1.98. The molecule has 1 aromatic rings. The highest BCUT2D eigenvalue weighted by Gasteiger charge is 2.19. The molecule has 0 aliphatic rings. The monoisotopic (exact) mass is 250 g/mol. The summed E-state index contributed by atoms with van der Waals surface area (Å²) >= 11 is 0. The maximum absolute atomic E-state index is 5.44. The second-order valence-corrected chi connectivity index (χ2v) is 5.70. The van der Waals surface area contributed by atoms with Gasteiger partial charge in [0.25, 0.3) is 0 Å². The second-order valence-electron chi connectivity index (χ2n) is 5.70. The van der Waals surface area contributed by atoms with Crippen molar-refractivity contribution in [3.63, 3.8) is 0 Å². The van der Waals surface area contributed by atoms with Gasteiger partial charge in [-0.3, -0.25) is 4.98 Å². The Morgan fingerprint density at radius 2 is 2.06 bits per heavy atom. The lowest BCUT2D eigenvalue weighted by Crippen LogP contribution is -2.35. The molecule has 1 atom stereocenters. The van der Waals surface area contributed by atoms with Gasteiger partial charge in [-0.2, -0.15) is 0 Å². The first kappa shape index (κ1) is 15.1. The minimum absolute atomic E-state index is 0.0755. The zero-order chi connectivity index (χ0) is 13.8. The maximum atomic E-state index is 5.44. The predicted octanol–water partition coefficient (Wildman–Crippen LogP) is 2.99. The summed E-state index contributed by atoms with van der Waals surface area (Å²) in [6, 6.07) is 2.62. The first-order chi connectivity index (χ1) is 8.34. The topological polar surface area (TPSA) is 34.1 Å². The zero-order valence-electron chi connectivity index (χ0n) is 12.5. The number of ether oxygens (including phenoxy) is 1. The van der Waals surface area contributed by atoms with E-state index in [1.54, 1.807) is 7.11 Å². The molecule has 1 aromatic heterocycles. The second kappa shape index (κ2) is 6.30. The molecule has 0 aromatic carbocycles. The van der Waals surface area contributed by atoms with Crippen LogP contribution in [0.1, 0.15) is 44.0 Å². The quantitative estimate of drug-likeness (QED) is 0.842.